The summed E-state index contributed by atoms with van der Waals surface area (Å²) >= 11 is 0. The first-order chi connectivity index (χ1) is 12.2. The van der Waals surface area contributed by atoms with Gasteiger partial charge in [0.15, 0.2) is 0 Å². The molecule has 2 N–H and O–H groups in total. The van der Waals surface area contributed by atoms with Gasteiger partial charge in [-0.25, -0.2) is 8.42 Å². The highest BCUT2D eigenvalue weighted by Gasteiger charge is 2.16. The van der Waals surface area contributed by atoms with E-state index in [0.717, 1.165) is 24.0 Å². The first-order valence-electron chi connectivity index (χ1n) is 8.74. The number of carbonyl (C=O) groups excluding carboxylic acids is 1. The van der Waals surface area contributed by atoms with Crippen molar-refractivity contribution in [3.8, 4) is 0 Å². The van der Waals surface area contributed by atoms with Crippen LogP contribution in [0.25, 0.3) is 0 Å². The van der Waals surface area contributed by atoms with Crippen molar-refractivity contribution < 1.29 is 13.2 Å². The molecule has 0 heterocycles. The number of hydrogen-bond acceptors (Lipinski definition) is 3. The fourth-order valence-electron chi connectivity index (χ4n) is 2.62. The van der Waals surface area contributed by atoms with Crippen molar-refractivity contribution in [2.45, 2.75) is 51.5 Å². The third-order valence-corrected chi connectivity index (χ3v) is 5.68. The predicted octanol–water partition coefficient (Wildman–Crippen LogP) is 4.02. The first-order valence-corrected chi connectivity index (χ1v) is 10.2. The van der Waals surface area contributed by atoms with E-state index in [1.807, 2.05) is 26.8 Å². The molecule has 1 atom stereocenters. The second kappa shape index (κ2) is 8.36. The van der Waals surface area contributed by atoms with Crippen molar-refractivity contribution in [2.24, 2.45) is 0 Å². The monoisotopic (exact) mass is 374 g/mol. The molecular formula is C20H26N2O3S. The molecule has 2 aromatic rings. The highest BCUT2D eigenvalue weighted by Crippen LogP contribution is 2.19. The molecular weight excluding hydrogens is 348 g/mol. The number of anilines is 1. The van der Waals surface area contributed by atoms with Gasteiger partial charge in [-0.3, -0.25) is 9.52 Å². The van der Waals surface area contributed by atoms with E-state index in [2.05, 4.69) is 17.0 Å². The summed E-state index contributed by atoms with van der Waals surface area (Å²) in [5.74, 6) is -0.197. The average Bonchev–Trinajstić information content (AvgIpc) is 2.58. The molecule has 0 saturated carbocycles. The minimum absolute atomic E-state index is 0.0855. The zero-order valence-electron chi connectivity index (χ0n) is 15.7. The van der Waals surface area contributed by atoms with Gasteiger partial charge < -0.3 is 5.32 Å². The maximum atomic E-state index is 12.5. The fourth-order valence-corrected chi connectivity index (χ4v) is 3.67. The van der Waals surface area contributed by atoms with Crippen molar-refractivity contribution >= 4 is 21.6 Å². The second-order valence-corrected chi connectivity index (χ2v) is 8.27. The van der Waals surface area contributed by atoms with Crippen LogP contribution >= 0.6 is 0 Å². The van der Waals surface area contributed by atoms with E-state index in [0.29, 0.717) is 11.3 Å². The summed E-state index contributed by atoms with van der Waals surface area (Å²) in [6.07, 6.45) is 1.89. The Bertz CT molecular complexity index is 874. The zero-order chi connectivity index (χ0) is 19.3. The van der Waals surface area contributed by atoms with Gasteiger partial charge in [0.25, 0.3) is 15.9 Å². The van der Waals surface area contributed by atoms with Gasteiger partial charge in [0, 0.05) is 17.3 Å². The molecule has 5 nitrogen and oxygen atoms in total. The molecule has 0 saturated heterocycles. The van der Waals surface area contributed by atoms with Crippen LogP contribution in [0.4, 0.5) is 5.69 Å². The van der Waals surface area contributed by atoms with Crippen LogP contribution in [0.5, 0.6) is 0 Å². The second-order valence-electron chi connectivity index (χ2n) is 6.59. The molecule has 0 aliphatic carbocycles. The van der Waals surface area contributed by atoms with E-state index < -0.39 is 10.0 Å². The van der Waals surface area contributed by atoms with Crippen LogP contribution in [0.2, 0.25) is 0 Å². The molecule has 26 heavy (non-hydrogen) atoms. The SMILES string of the molecule is CCC[C@H](C)NC(=O)c1ccc(S(=O)(=O)Nc2ccc(C)c(C)c2)cc1. The topological polar surface area (TPSA) is 75.3 Å². The van der Waals surface area contributed by atoms with Gasteiger partial charge in [0.05, 0.1) is 4.90 Å². The Hall–Kier alpha value is -2.34. The summed E-state index contributed by atoms with van der Waals surface area (Å²) in [6.45, 7) is 7.91. The van der Waals surface area contributed by atoms with Gasteiger partial charge >= 0.3 is 0 Å². The number of aryl methyl sites for hydroxylation is 2. The largest absolute Gasteiger partial charge is 0.350 e. The highest BCUT2D eigenvalue weighted by atomic mass is 32.2. The number of benzene rings is 2. The van der Waals surface area contributed by atoms with Crippen molar-refractivity contribution in [1.29, 1.82) is 0 Å². The van der Waals surface area contributed by atoms with Gasteiger partial charge in [0.2, 0.25) is 0 Å². The van der Waals surface area contributed by atoms with Crippen LogP contribution in [-0.2, 0) is 10.0 Å². The van der Waals surface area contributed by atoms with E-state index in [1.165, 1.54) is 24.3 Å². The predicted molar refractivity (Wildman–Crippen MR) is 105 cm³/mol. The van der Waals surface area contributed by atoms with Crippen LogP contribution in [0.1, 0.15) is 48.2 Å². The molecule has 0 unspecified atom stereocenters. The van der Waals surface area contributed by atoms with Gasteiger partial charge in [-0.15, -0.1) is 0 Å². The number of amides is 1. The Labute approximate surface area is 155 Å². The Morgan fingerprint density at radius 3 is 2.27 bits per heavy atom. The first kappa shape index (κ1) is 20.0. The average molecular weight is 375 g/mol. The molecule has 1 amide bonds. The van der Waals surface area contributed by atoms with Crippen molar-refractivity contribution in [3.63, 3.8) is 0 Å². The summed E-state index contributed by atoms with van der Waals surface area (Å²) < 4.78 is 27.6. The third kappa shape index (κ3) is 5.08. The van der Waals surface area contributed by atoms with Crippen LogP contribution in [0.15, 0.2) is 47.4 Å². The molecule has 0 radical (unpaired) electrons. The van der Waals surface area contributed by atoms with Crippen molar-refractivity contribution in [2.75, 3.05) is 4.72 Å². The number of hydrogen-bond donors (Lipinski definition) is 2. The summed E-state index contributed by atoms with van der Waals surface area (Å²) in [7, 11) is -3.70. The minimum atomic E-state index is -3.70. The van der Waals surface area contributed by atoms with Gasteiger partial charge in [-0.2, -0.15) is 0 Å². The van der Waals surface area contributed by atoms with Gasteiger partial charge in [-0.05, 0) is 74.7 Å². The summed E-state index contributed by atoms with van der Waals surface area (Å²) in [4.78, 5) is 12.3. The number of carbonyl (C=O) groups is 1. The Morgan fingerprint density at radius 2 is 1.69 bits per heavy atom. The lowest BCUT2D eigenvalue weighted by Gasteiger charge is -2.13. The lowest BCUT2D eigenvalue weighted by Crippen LogP contribution is -2.32. The van der Waals surface area contributed by atoms with E-state index in [-0.39, 0.29) is 16.8 Å². The molecule has 0 fully saturated rings. The molecule has 0 aliphatic rings. The van der Waals surface area contributed by atoms with Crippen molar-refractivity contribution in [3.05, 3.63) is 59.2 Å². The van der Waals surface area contributed by atoms with Gasteiger partial charge in [-0.1, -0.05) is 19.4 Å². The molecule has 140 valence electrons. The number of nitrogens with one attached hydrogen (secondary N) is 2. The summed E-state index contributed by atoms with van der Waals surface area (Å²) in [5, 5.41) is 2.90. The maximum absolute atomic E-state index is 12.5. The van der Waals surface area contributed by atoms with Gasteiger partial charge in [0.1, 0.15) is 0 Å². The van der Waals surface area contributed by atoms with Crippen LogP contribution in [-0.4, -0.2) is 20.4 Å². The highest BCUT2D eigenvalue weighted by molar-refractivity contribution is 7.92. The van der Waals surface area contributed by atoms with Crippen LogP contribution < -0.4 is 10.0 Å². The number of sulfonamides is 1. The Morgan fingerprint density at radius 1 is 1.04 bits per heavy atom. The molecule has 0 aromatic heterocycles. The Balaban J connectivity index is 2.13. The van der Waals surface area contributed by atoms with Crippen molar-refractivity contribution in [1.82, 2.24) is 5.32 Å². The lowest BCUT2D eigenvalue weighted by atomic mass is 10.1. The quantitative estimate of drug-likeness (QED) is 0.768. The summed E-state index contributed by atoms with van der Waals surface area (Å²) in [6, 6.07) is 11.4. The summed E-state index contributed by atoms with van der Waals surface area (Å²) in [5.41, 5.74) is 3.07. The molecule has 0 spiro atoms. The van der Waals surface area contributed by atoms with E-state index >= 15 is 0 Å². The normalized spacial score (nSPS) is 12.5. The standard InChI is InChI=1S/C20H26N2O3S/c1-5-6-16(4)21-20(23)17-8-11-19(12-9-17)26(24,25)22-18-10-7-14(2)15(3)13-18/h7-13,16,22H,5-6H2,1-4H3,(H,21,23)/t16-/m0/s1. The van der Waals surface area contributed by atoms with Crippen LogP contribution in [0, 0.1) is 13.8 Å². The van der Waals surface area contributed by atoms with E-state index in [4.69, 9.17) is 0 Å². The molecule has 0 bridgehead atoms. The molecule has 0 aliphatic heterocycles. The molecule has 6 heteroatoms. The van der Waals surface area contributed by atoms with E-state index in [9.17, 15) is 13.2 Å². The smallest absolute Gasteiger partial charge is 0.261 e. The van der Waals surface area contributed by atoms with Crippen LogP contribution in [0.3, 0.4) is 0 Å². The number of rotatable bonds is 7. The molecule has 2 aromatic carbocycles. The fraction of sp³-hybridized carbons (Fsp3) is 0.350. The zero-order valence-corrected chi connectivity index (χ0v) is 16.5. The Kier molecular flexibility index (Phi) is 6.42. The minimum Gasteiger partial charge on any atom is -0.350 e. The third-order valence-electron chi connectivity index (χ3n) is 4.29. The van der Waals surface area contributed by atoms with E-state index in [1.54, 1.807) is 12.1 Å². The lowest BCUT2D eigenvalue weighted by molar-refractivity contribution is 0.0938. The maximum Gasteiger partial charge on any atom is 0.261 e. The molecule has 2 rings (SSSR count).